The SMILES string of the molecule is Cc1cccc(/C=C/C(=O)O[C@@H](C)C(=O)Nc2cccc(S(N)(=O)=O)c2)c1. The fourth-order valence-electron chi connectivity index (χ4n) is 2.20. The molecule has 0 aliphatic carbocycles. The van der Waals surface area contributed by atoms with Gasteiger partial charge in [0.1, 0.15) is 0 Å². The van der Waals surface area contributed by atoms with Gasteiger partial charge in [-0.05, 0) is 43.7 Å². The van der Waals surface area contributed by atoms with Gasteiger partial charge in [-0.25, -0.2) is 18.4 Å². The molecule has 8 heteroatoms. The molecule has 0 aromatic heterocycles. The lowest BCUT2D eigenvalue weighted by Crippen LogP contribution is -2.29. The van der Waals surface area contributed by atoms with Crippen LogP contribution in [0.1, 0.15) is 18.1 Å². The predicted octanol–water partition coefficient (Wildman–Crippen LogP) is 2.23. The Balaban J connectivity index is 1.96. The molecule has 0 fully saturated rings. The minimum atomic E-state index is -3.88. The van der Waals surface area contributed by atoms with Crippen molar-refractivity contribution in [3.05, 3.63) is 65.7 Å². The Morgan fingerprint density at radius 3 is 2.52 bits per heavy atom. The Kier molecular flexibility index (Phi) is 6.49. The van der Waals surface area contributed by atoms with E-state index in [1.165, 1.54) is 37.3 Å². The largest absolute Gasteiger partial charge is 0.449 e. The summed E-state index contributed by atoms with van der Waals surface area (Å²) in [6.45, 7) is 3.35. The van der Waals surface area contributed by atoms with Crippen LogP contribution in [-0.2, 0) is 24.3 Å². The van der Waals surface area contributed by atoms with Crippen LogP contribution in [0.5, 0.6) is 0 Å². The first-order valence-corrected chi connectivity index (χ1v) is 9.59. The molecule has 27 heavy (non-hydrogen) atoms. The molecule has 7 nitrogen and oxygen atoms in total. The molecule has 0 spiro atoms. The summed E-state index contributed by atoms with van der Waals surface area (Å²) in [5.41, 5.74) is 2.12. The average molecular weight is 388 g/mol. The molecule has 0 unspecified atom stereocenters. The molecule has 2 rings (SSSR count). The van der Waals surface area contributed by atoms with Crippen molar-refractivity contribution in [3.63, 3.8) is 0 Å². The van der Waals surface area contributed by atoms with Crippen LogP contribution in [0.2, 0.25) is 0 Å². The molecule has 0 aliphatic rings. The van der Waals surface area contributed by atoms with Gasteiger partial charge in [0, 0.05) is 11.8 Å². The van der Waals surface area contributed by atoms with Crippen molar-refractivity contribution in [2.45, 2.75) is 24.8 Å². The summed E-state index contributed by atoms with van der Waals surface area (Å²) in [5, 5.41) is 7.54. The van der Waals surface area contributed by atoms with Crippen molar-refractivity contribution in [1.29, 1.82) is 0 Å². The second-order valence-electron chi connectivity index (χ2n) is 5.89. The zero-order chi connectivity index (χ0) is 20.0. The van der Waals surface area contributed by atoms with Crippen LogP contribution in [0, 0.1) is 6.92 Å². The standard InChI is InChI=1S/C19H20N2O5S/c1-13-5-3-6-15(11-13)9-10-18(22)26-14(2)19(23)21-16-7-4-8-17(12-16)27(20,24)25/h3-12,14H,1-2H3,(H,21,23)(H2,20,24,25)/b10-9+/t14-/m0/s1. The van der Waals surface area contributed by atoms with E-state index in [0.717, 1.165) is 11.1 Å². The number of amides is 1. The van der Waals surface area contributed by atoms with Gasteiger partial charge in [-0.15, -0.1) is 0 Å². The van der Waals surface area contributed by atoms with Gasteiger partial charge in [-0.2, -0.15) is 0 Å². The molecule has 0 aliphatic heterocycles. The first-order valence-electron chi connectivity index (χ1n) is 8.04. The van der Waals surface area contributed by atoms with Crippen LogP contribution in [0.15, 0.2) is 59.5 Å². The topological polar surface area (TPSA) is 116 Å². The van der Waals surface area contributed by atoms with Crippen LogP contribution in [0.25, 0.3) is 6.08 Å². The quantitative estimate of drug-likeness (QED) is 0.581. The lowest BCUT2D eigenvalue weighted by molar-refractivity contribution is -0.148. The maximum absolute atomic E-state index is 12.1. The van der Waals surface area contributed by atoms with E-state index >= 15 is 0 Å². The van der Waals surface area contributed by atoms with Crippen molar-refractivity contribution in [2.75, 3.05) is 5.32 Å². The number of benzene rings is 2. The van der Waals surface area contributed by atoms with E-state index in [1.807, 2.05) is 31.2 Å². The summed E-state index contributed by atoms with van der Waals surface area (Å²) in [5.74, 6) is -1.27. The Morgan fingerprint density at radius 2 is 1.85 bits per heavy atom. The third kappa shape index (κ3) is 6.36. The number of nitrogens with one attached hydrogen (secondary N) is 1. The van der Waals surface area contributed by atoms with Crippen molar-refractivity contribution in [3.8, 4) is 0 Å². The van der Waals surface area contributed by atoms with Gasteiger partial charge in [0.15, 0.2) is 6.10 Å². The number of carbonyl (C=O) groups excluding carboxylic acids is 2. The number of esters is 1. The van der Waals surface area contributed by atoms with Crippen LogP contribution >= 0.6 is 0 Å². The number of rotatable bonds is 6. The maximum atomic E-state index is 12.1. The molecular formula is C19H20N2O5S. The van der Waals surface area contributed by atoms with Crippen LogP contribution in [0.3, 0.4) is 0 Å². The Labute approximate surface area is 157 Å². The molecule has 2 aromatic carbocycles. The predicted molar refractivity (Wildman–Crippen MR) is 102 cm³/mol. The molecule has 2 aromatic rings. The van der Waals surface area contributed by atoms with Gasteiger partial charge < -0.3 is 10.1 Å². The Morgan fingerprint density at radius 1 is 1.15 bits per heavy atom. The molecule has 1 amide bonds. The van der Waals surface area contributed by atoms with Crippen molar-refractivity contribution in [2.24, 2.45) is 5.14 Å². The number of hydrogen-bond acceptors (Lipinski definition) is 5. The zero-order valence-electron chi connectivity index (χ0n) is 14.9. The fraction of sp³-hybridized carbons (Fsp3) is 0.158. The van der Waals surface area contributed by atoms with Gasteiger partial charge in [0.05, 0.1) is 4.90 Å². The number of anilines is 1. The van der Waals surface area contributed by atoms with E-state index in [4.69, 9.17) is 9.88 Å². The number of aryl methyl sites for hydroxylation is 1. The minimum absolute atomic E-state index is 0.133. The highest BCUT2D eigenvalue weighted by Crippen LogP contribution is 2.14. The monoisotopic (exact) mass is 388 g/mol. The summed E-state index contributed by atoms with van der Waals surface area (Å²) in [7, 11) is -3.88. The van der Waals surface area contributed by atoms with Crippen molar-refractivity contribution in [1.82, 2.24) is 0 Å². The van der Waals surface area contributed by atoms with Crippen LogP contribution in [0.4, 0.5) is 5.69 Å². The van der Waals surface area contributed by atoms with Crippen LogP contribution in [-0.4, -0.2) is 26.4 Å². The lowest BCUT2D eigenvalue weighted by atomic mass is 10.1. The van der Waals surface area contributed by atoms with E-state index in [9.17, 15) is 18.0 Å². The van der Waals surface area contributed by atoms with Crippen LogP contribution < -0.4 is 10.5 Å². The molecule has 0 saturated heterocycles. The van der Waals surface area contributed by atoms with E-state index in [0.29, 0.717) is 0 Å². The van der Waals surface area contributed by atoms with Crippen molar-refractivity contribution >= 4 is 33.7 Å². The number of nitrogens with two attached hydrogens (primary N) is 1. The summed E-state index contributed by atoms with van der Waals surface area (Å²) in [6, 6.07) is 13.0. The number of carbonyl (C=O) groups is 2. The lowest BCUT2D eigenvalue weighted by Gasteiger charge is -2.12. The molecule has 0 bridgehead atoms. The van der Waals surface area contributed by atoms with E-state index in [-0.39, 0.29) is 10.6 Å². The maximum Gasteiger partial charge on any atom is 0.331 e. The van der Waals surface area contributed by atoms with E-state index < -0.39 is 28.0 Å². The molecule has 1 atom stereocenters. The second kappa shape index (κ2) is 8.61. The Bertz CT molecular complexity index is 983. The van der Waals surface area contributed by atoms with E-state index in [2.05, 4.69) is 5.32 Å². The van der Waals surface area contributed by atoms with Crippen molar-refractivity contribution < 1.29 is 22.7 Å². The first kappa shape index (κ1) is 20.3. The third-order valence-corrected chi connectivity index (χ3v) is 4.46. The highest BCUT2D eigenvalue weighted by Gasteiger charge is 2.17. The highest BCUT2D eigenvalue weighted by atomic mass is 32.2. The van der Waals surface area contributed by atoms with Gasteiger partial charge in [-0.1, -0.05) is 35.9 Å². The van der Waals surface area contributed by atoms with Gasteiger partial charge in [0.2, 0.25) is 10.0 Å². The zero-order valence-corrected chi connectivity index (χ0v) is 15.7. The molecule has 0 saturated carbocycles. The first-order chi connectivity index (χ1) is 12.6. The summed E-state index contributed by atoms with van der Waals surface area (Å²) in [4.78, 5) is 23.9. The van der Waals surface area contributed by atoms with Gasteiger partial charge in [0.25, 0.3) is 5.91 Å². The molecule has 0 radical (unpaired) electrons. The fourth-order valence-corrected chi connectivity index (χ4v) is 2.76. The molecule has 0 heterocycles. The summed E-state index contributed by atoms with van der Waals surface area (Å²) in [6.07, 6.45) is 1.76. The second-order valence-corrected chi connectivity index (χ2v) is 7.45. The number of sulfonamides is 1. The normalized spacial score (nSPS) is 12.6. The third-order valence-electron chi connectivity index (χ3n) is 3.55. The van der Waals surface area contributed by atoms with Gasteiger partial charge >= 0.3 is 5.97 Å². The summed E-state index contributed by atoms with van der Waals surface area (Å²) >= 11 is 0. The minimum Gasteiger partial charge on any atom is -0.449 e. The molecule has 3 N–H and O–H groups in total. The molecular weight excluding hydrogens is 368 g/mol. The molecule has 142 valence electrons. The number of hydrogen-bond donors (Lipinski definition) is 2. The van der Waals surface area contributed by atoms with Gasteiger partial charge in [-0.3, -0.25) is 4.79 Å². The van der Waals surface area contributed by atoms with E-state index in [1.54, 1.807) is 6.08 Å². The number of primary sulfonamides is 1. The average Bonchev–Trinajstić information content (AvgIpc) is 2.59. The summed E-state index contributed by atoms with van der Waals surface area (Å²) < 4.78 is 27.7. The Hall–Kier alpha value is -2.97. The smallest absolute Gasteiger partial charge is 0.331 e. The number of ether oxygens (including phenoxy) is 1. The highest BCUT2D eigenvalue weighted by molar-refractivity contribution is 7.89.